The molecule has 1 aliphatic heterocycles. The third-order valence-corrected chi connectivity index (χ3v) is 4.86. The fourth-order valence-electron chi connectivity index (χ4n) is 3.20. The molecule has 2 N–H and O–H groups in total. The van der Waals surface area contributed by atoms with Crippen LogP contribution in [0.25, 0.3) is 0 Å². The zero-order valence-electron chi connectivity index (χ0n) is 17.2. The lowest BCUT2D eigenvalue weighted by molar-refractivity contribution is 0.0124. The normalized spacial score (nSPS) is 17.1. The highest BCUT2D eigenvalue weighted by molar-refractivity contribution is 5.79. The molecule has 1 aliphatic rings. The first-order chi connectivity index (χ1) is 13.6. The second kappa shape index (κ2) is 9.75. The summed E-state index contributed by atoms with van der Waals surface area (Å²) in [5.41, 5.74) is 0.959. The first kappa shape index (κ1) is 20.4. The van der Waals surface area contributed by atoms with Crippen molar-refractivity contribution < 1.29 is 13.7 Å². The van der Waals surface area contributed by atoms with E-state index in [-0.39, 0.29) is 6.04 Å². The Morgan fingerprint density at radius 2 is 2.04 bits per heavy atom. The van der Waals surface area contributed by atoms with E-state index < -0.39 is 0 Å². The van der Waals surface area contributed by atoms with Crippen LogP contribution in [0, 0.1) is 6.92 Å². The molecule has 2 aromatic rings. The monoisotopic (exact) mass is 389 g/mol. The Labute approximate surface area is 166 Å². The molecule has 8 heteroatoms. The van der Waals surface area contributed by atoms with Gasteiger partial charge in [0.25, 0.3) is 0 Å². The van der Waals surface area contributed by atoms with Crippen LogP contribution in [-0.2, 0) is 11.3 Å². The fourth-order valence-corrected chi connectivity index (χ4v) is 3.20. The number of morpholine rings is 1. The minimum Gasteiger partial charge on any atom is -0.465 e. The number of hydrogen-bond donors (Lipinski definition) is 2. The van der Waals surface area contributed by atoms with Crippen LogP contribution in [0.2, 0.25) is 0 Å². The van der Waals surface area contributed by atoms with E-state index in [0.29, 0.717) is 25.0 Å². The van der Waals surface area contributed by atoms with Gasteiger partial charge in [-0.25, -0.2) is 0 Å². The summed E-state index contributed by atoms with van der Waals surface area (Å²) in [5.74, 6) is 3.73. The fraction of sp³-hybridized carbons (Fsp3) is 0.600. The van der Waals surface area contributed by atoms with Crippen LogP contribution in [0.5, 0.6) is 0 Å². The predicted octanol–water partition coefficient (Wildman–Crippen LogP) is 2.44. The number of hydrogen-bond acceptors (Lipinski definition) is 6. The van der Waals surface area contributed by atoms with Gasteiger partial charge in [0.15, 0.2) is 11.7 Å². The maximum absolute atomic E-state index is 5.91. The van der Waals surface area contributed by atoms with Crippen LogP contribution in [-0.4, -0.2) is 55.9 Å². The average molecular weight is 390 g/mol. The van der Waals surface area contributed by atoms with Gasteiger partial charge in [-0.05, 0) is 25.0 Å². The lowest BCUT2D eigenvalue weighted by Crippen LogP contribution is -2.46. The number of nitrogens with zero attached hydrogens (tertiary/aromatic N) is 3. The third-order valence-electron chi connectivity index (χ3n) is 4.86. The topological polar surface area (TPSA) is 88.1 Å². The van der Waals surface area contributed by atoms with E-state index in [2.05, 4.69) is 45.6 Å². The zero-order valence-corrected chi connectivity index (χ0v) is 17.2. The van der Waals surface area contributed by atoms with Crippen molar-refractivity contribution in [2.75, 3.05) is 39.9 Å². The molecule has 1 atom stereocenters. The van der Waals surface area contributed by atoms with Gasteiger partial charge in [0, 0.05) is 32.7 Å². The molecule has 0 saturated carbocycles. The van der Waals surface area contributed by atoms with E-state index >= 15 is 0 Å². The quantitative estimate of drug-likeness (QED) is 0.555. The molecule has 0 aliphatic carbocycles. The second-order valence-electron chi connectivity index (χ2n) is 7.29. The van der Waals surface area contributed by atoms with Crippen LogP contribution in [0.15, 0.2) is 32.1 Å². The standard InChI is InChI=1S/C20H31N5O3/c1-14(2)17-11-16(28-24-17)12-22-20(21-4)23-13-18(19-6-5-15(3)27-19)25-7-9-26-10-8-25/h5-6,11,14,18H,7-10,12-13H2,1-4H3,(H2,21,22,23). The highest BCUT2D eigenvalue weighted by Crippen LogP contribution is 2.23. The Bertz CT molecular complexity index is 761. The van der Waals surface area contributed by atoms with Gasteiger partial charge in [0.05, 0.1) is 31.5 Å². The van der Waals surface area contributed by atoms with Crippen molar-refractivity contribution in [2.24, 2.45) is 4.99 Å². The number of aliphatic imine (C=N–C) groups is 1. The summed E-state index contributed by atoms with van der Waals surface area (Å²) in [6.07, 6.45) is 0. The molecule has 1 saturated heterocycles. The molecule has 0 spiro atoms. The molecular weight excluding hydrogens is 358 g/mol. The Morgan fingerprint density at radius 1 is 1.25 bits per heavy atom. The van der Waals surface area contributed by atoms with Gasteiger partial charge in [-0.1, -0.05) is 19.0 Å². The van der Waals surface area contributed by atoms with E-state index in [4.69, 9.17) is 13.7 Å². The van der Waals surface area contributed by atoms with E-state index in [0.717, 1.165) is 49.3 Å². The van der Waals surface area contributed by atoms with Gasteiger partial charge in [0.1, 0.15) is 11.5 Å². The highest BCUT2D eigenvalue weighted by atomic mass is 16.5. The molecule has 0 radical (unpaired) electrons. The van der Waals surface area contributed by atoms with Crippen molar-refractivity contribution >= 4 is 5.96 Å². The van der Waals surface area contributed by atoms with Gasteiger partial charge in [0.2, 0.25) is 0 Å². The average Bonchev–Trinajstić information content (AvgIpc) is 3.34. The maximum atomic E-state index is 5.91. The Morgan fingerprint density at radius 3 is 2.64 bits per heavy atom. The van der Waals surface area contributed by atoms with Crippen LogP contribution >= 0.6 is 0 Å². The predicted molar refractivity (Wildman–Crippen MR) is 107 cm³/mol. The molecule has 0 aromatic carbocycles. The van der Waals surface area contributed by atoms with Crippen LogP contribution < -0.4 is 10.6 Å². The van der Waals surface area contributed by atoms with Crippen LogP contribution in [0.4, 0.5) is 0 Å². The summed E-state index contributed by atoms with van der Waals surface area (Å²) in [7, 11) is 1.76. The minimum absolute atomic E-state index is 0.119. The van der Waals surface area contributed by atoms with Gasteiger partial charge in [-0.3, -0.25) is 9.89 Å². The lowest BCUT2D eigenvalue weighted by Gasteiger charge is -2.33. The molecule has 3 rings (SSSR count). The van der Waals surface area contributed by atoms with E-state index in [1.807, 2.05) is 19.1 Å². The van der Waals surface area contributed by atoms with Crippen molar-refractivity contribution in [1.82, 2.24) is 20.7 Å². The lowest BCUT2D eigenvalue weighted by atomic mass is 10.1. The smallest absolute Gasteiger partial charge is 0.191 e. The molecule has 0 bridgehead atoms. The largest absolute Gasteiger partial charge is 0.465 e. The van der Waals surface area contributed by atoms with Gasteiger partial charge in [-0.15, -0.1) is 0 Å². The Hall–Kier alpha value is -2.32. The summed E-state index contributed by atoms with van der Waals surface area (Å²) < 4.78 is 16.8. The summed E-state index contributed by atoms with van der Waals surface area (Å²) >= 11 is 0. The van der Waals surface area contributed by atoms with Crippen molar-refractivity contribution in [3.8, 4) is 0 Å². The number of aryl methyl sites for hydroxylation is 1. The van der Waals surface area contributed by atoms with Gasteiger partial charge >= 0.3 is 0 Å². The van der Waals surface area contributed by atoms with Crippen molar-refractivity contribution in [3.05, 3.63) is 41.2 Å². The minimum atomic E-state index is 0.119. The van der Waals surface area contributed by atoms with Crippen molar-refractivity contribution in [1.29, 1.82) is 0 Å². The number of aromatic nitrogens is 1. The molecule has 28 heavy (non-hydrogen) atoms. The summed E-state index contributed by atoms with van der Waals surface area (Å²) in [4.78, 5) is 6.70. The Kier molecular flexibility index (Phi) is 7.11. The van der Waals surface area contributed by atoms with E-state index in [1.54, 1.807) is 7.05 Å². The molecule has 0 amide bonds. The van der Waals surface area contributed by atoms with Gasteiger partial charge in [-0.2, -0.15) is 0 Å². The molecule has 154 valence electrons. The molecule has 1 fully saturated rings. The van der Waals surface area contributed by atoms with Crippen molar-refractivity contribution in [2.45, 2.75) is 39.3 Å². The molecular formula is C20H31N5O3. The molecule has 8 nitrogen and oxygen atoms in total. The molecule has 3 heterocycles. The second-order valence-corrected chi connectivity index (χ2v) is 7.29. The number of rotatable bonds is 7. The first-order valence-electron chi connectivity index (χ1n) is 9.85. The zero-order chi connectivity index (χ0) is 19.9. The van der Waals surface area contributed by atoms with E-state index in [9.17, 15) is 0 Å². The summed E-state index contributed by atoms with van der Waals surface area (Å²) in [6, 6.07) is 6.16. The highest BCUT2D eigenvalue weighted by Gasteiger charge is 2.25. The summed E-state index contributed by atoms with van der Waals surface area (Å²) in [6.45, 7) is 10.6. The Balaban J connectivity index is 1.58. The number of ether oxygens (including phenoxy) is 1. The number of furan rings is 1. The van der Waals surface area contributed by atoms with Crippen LogP contribution in [0.1, 0.15) is 48.8 Å². The van der Waals surface area contributed by atoms with Gasteiger partial charge < -0.3 is 24.3 Å². The SMILES string of the molecule is CN=C(NCc1cc(C(C)C)no1)NCC(c1ccc(C)o1)N1CCOCC1. The molecule has 2 aromatic heterocycles. The van der Waals surface area contributed by atoms with Crippen molar-refractivity contribution in [3.63, 3.8) is 0 Å². The molecule has 1 unspecified atom stereocenters. The van der Waals surface area contributed by atoms with E-state index in [1.165, 1.54) is 0 Å². The summed E-state index contributed by atoms with van der Waals surface area (Å²) in [5, 5.41) is 10.8. The van der Waals surface area contributed by atoms with Crippen LogP contribution in [0.3, 0.4) is 0 Å². The maximum Gasteiger partial charge on any atom is 0.191 e. The third kappa shape index (κ3) is 5.36. The first-order valence-corrected chi connectivity index (χ1v) is 9.85. The number of nitrogens with one attached hydrogen (secondary N) is 2. The number of guanidine groups is 1.